The Balaban J connectivity index is 2.26. The van der Waals surface area contributed by atoms with Gasteiger partial charge in [0, 0.05) is 12.6 Å². The van der Waals surface area contributed by atoms with Gasteiger partial charge in [-0.2, -0.15) is 0 Å². The van der Waals surface area contributed by atoms with Crippen LogP contribution in [0.3, 0.4) is 0 Å². The van der Waals surface area contributed by atoms with E-state index >= 15 is 0 Å². The molecule has 1 fully saturated rings. The van der Waals surface area contributed by atoms with Crippen molar-refractivity contribution in [2.45, 2.75) is 52.1 Å². The minimum atomic E-state index is -0.0863. The molecule has 1 rings (SSSR count). The van der Waals surface area contributed by atoms with E-state index in [9.17, 15) is 4.79 Å². The van der Waals surface area contributed by atoms with Gasteiger partial charge in [-0.15, -0.1) is 0 Å². The van der Waals surface area contributed by atoms with Gasteiger partial charge in [0.25, 0.3) is 0 Å². The number of rotatable bonds is 5. The van der Waals surface area contributed by atoms with Crippen LogP contribution in [-0.4, -0.2) is 37.6 Å². The van der Waals surface area contributed by atoms with Crippen LogP contribution >= 0.6 is 0 Å². The number of nitrogens with one attached hydrogen (secondary N) is 3. The molecule has 1 heterocycles. The Kier molecular flexibility index (Phi) is 6.52. The van der Waals surface area contributed by atoms with E-state index in [1.807, 2.05) is 6.92 Å². The summed E-state index contributed by atoms with van der Waals surface area (Å²) in [5, 5.41) is 9.78. The highest BCUT2D eigenvalue weighted by atomic mass is 16.2. The van der Waals surface area contributed by atoms with Gasteiger partial charge in [0.05, 0.1) is 6.04 Å². The lowest BCUT2D eigenvalue weighted by Gasteiger charge is -2.21. The van der Waals surface area contributed by atoms with Gasteiger partial charge >= 0.3 is 0 Å². The molecule has 1 amide bonds. The maximum atomic E-state index is 11.8. The zero-order valence-corrected chi connectivity index (χ0v) is 11.4. The highest BCUT2D eigenvalue weighted by Crippen LogP contribution is 2.06. The van der Waals surface area contributed by atoms with Gasteiger partial charge in [-0.1, -0.05) is 13.8 Å². The van der Waals surface area contributed by atoms with Crippen molar-refractivity contribution in [1.29, 1.82) is 0 Å². The van der Waals surface area contributed by atoms with Crippen molar-refractivity contribution >= 4 is 5.91 Å². The molecule has 0 spiro atoms. The summed E-state index contributed by atoms with van der Waals surface area (Å²) in [7, 11) is 0. The third-order valence-corrected chi connectivity index (χ3v) is 3.14. The Morgan fingerprint density at radius 1 is 1.29 bits per heavy atom. The molecule has 4 nitrogen and oxygen atoms in total. The first-order valence-corrected chi connectivity index (χ1v) is 6.84. The summed E-state index contributed by atoms with van der Waals surface area (Å²) in [6.07, 6.45) is 3.47. The lowest BCUT2D eigenvalue weighted by Crippen LogP contribution is -2.47. The van der Waals surface area contributed by atoms with E-state index in [0.29, 0.717) is 12.0 Å². The van der Waals surface area contributed by atoms with Gasteiger partial charge in [0.1, 0.15) is 0 Å². The summed E-state index contributed by atoms with van der Waals surface area (Å²) in [6.45, 7) is 9.08. The second kappa shape index (κ2) is 7.67. The summed E-state index contributed by atoms with van der Waals surface area (Å²) in [4.78, 5) is 11.8. The monoisotopic (exact) mass is 241 g/mol. The van der Waals surface area contributed by atoms with Crippen molar-refractivity contribution in [2.24, 2.45) is 5.92 Å². The molecule has 100 valence electrons. The largest absolute Gasteiger partial charge is 0.354 e. The van der Waals surface area contributed by atoms with Crippen LogP contribution in [0.25, 0.3) is 0 Å². The van der Waals surface area contributed by atoms with Crippen LogP contribution in [0.5, 0.6) is 0 Å². The lowest BCUT2D eigenvalue weighted by atomic mass is 10.1. The average molecular weight is 241 g/mol. The number of amides is 1. The molecule has 2 atom stereocenters. The van der Waals surface area contributed by atoms with Gasteiger partial charge in [-0.25, -0.2) is 0 Å². The third kappa shape index (κ3) is 6.03. The zero-order chi connectivity index (χ0) is 12.7. The second-order valence-electron chi connectivity index (χ2n) is 5.41. The Hall–Kier alpha value is -0.610. The van der Waals surface area contributed by atoms with Crippen LogP contribution in [0, 0.1) is 5.92 Å². The lowest BCUT2D eigenvalue weighted by molar-refractivity contribution is -0.123. The maximum Gasteiger partial charge on any atom is 0.236 e. The molecular weight excluding hydrogens is 214 g/mol. The molecule has 0 saturated carbocycles. The average Bonchev–Trinajstić information content (AvgIpc) is 2.54. The first-order chi connectivity index (χ1) is 8.09. The first-order valence-electron chi connectivity index (χ1n) is 6.84. The van der Waals surface area contributed by atoms with Gasteiger partial charge < -0.3 is 16.0 Å². The van der Waals surface area contributed by atoms with Crippen molar-refractivity contribution in [3.8, 4) is 0 Å². The van der Waals surface area contributed by atoms with E-state index in [0.717, 1.165) is 32.5 Å². The van der Waals surface area contributed by atoms with Crippen molar-refractivity contribution in [2.75, 3.05) is 19.6 Å². The Labute approximate surface area is 105 Å². The van der Waals surface area contributed by atoms with Crippen molar-refractivity contribution in [1.82, 2.24) is 16.0 Å². The van der Waals surface area contributed by atoms with Crippen LogP contribution in [-0.2, 0) is 4.79 Å². The fourth-order valence-electron chi connectivity index (χ4n) is 2.07. The number of hydrogen-bond donors (Lipinski definition) is 3. The molecule has 3 N–H and O–H groups in total. The van der Waals surface area contributed by atoms with Crippen molar-refractivity contribution in [3.63, 3.8) is 0 Å². The highest BCUT2D eigenvalue weighted by Gasteiger charge is 2.18. The highest BCUT2D eigenvalue weighted by molar-refractivity contribution is 5.81. The molecule has 0 aromatic heterocycles. The molecule has 4 heteroatoms. The SMILES string of the molecule is CC(C)CNC(=O)C(C)NC1CCCNCC1. The summed E-state index contributed by atoms with van der Waals surface area (Å²) in [5.41, 5.74) is 0. The zero-order valence-electron chi connectivity index (χ0n) is 11.4. The molecule has 2 unspecified atom stereocenters. The van der Waals surface area contributed by atoms with Gasteiger partial charge in [-0.3, -0.25) is 4.79 Å². The summed E-state index contributed by atoms with van der Waals surface area (Å²) >= 11 is 0. The standard InChI is InChI=1S/C13H27N3O/c1-10(2)9-15-13(17)11(3)16-12-5-4-7-14-8-6-12/h10-12,14,16H,4-9H2,1-3H3,(H,15,17). The minimum Gasteiger partial charge on any atom is -0.354 e. The number of hydrogen-bond acceptors (Lipinski definition) is 3. The van der Waals surface area contributed by atoms with Crippen molar-refractivity contribution < 1.29 is 4.79 Å². The van der Waals surface area contributed by atoms with Gasteiger partial charge in [0.2, 0.25) is 5.91 Å². The van der Waals surface area contributed by atoms with E-state index in [1.54, 1.807) is 0 Å². The summed E-state index contributed by atoms with van der Waals surface area (Å²) in [5.74, 6) is 0.629. The molecular formula is C13H27N3O. The molecule has 0 aromatic rings. The van der Waals surface area contributed by atoms with E-state index < -0.39 is 0 Å². The fourth-order valence-corrected chi connectivity index (χ4v) is 2.07. The normalized spacial score (nSPS) is 23.2. The Morgan fingerprint density at radius 3 is 2.76 bits per heavy atom. The van der Waals surface area contributed by atoms with Crippen LogP contribution < -0.4 is 16.0 Å². The van der Waals surface area contributed by atoms with Gasteiger partial charge in [-0.05, 0) is 45.2 Å². The van der Waals surface area contributed by atoms with E-state index in [-0.39, 0.29) is 11.9 Å². The van der Waals surface area contributed by atoms with Crippen LogP contribution in [0.4, 0.5) is 0 Å². The molecule has 0 radical (unpaired) electrons. The minimum absolute atomic E-state index is 0.0863. The summed E-state index contributed by atoms with van der Waals surface area (Å²) < 4.78 is 0. The molecule has 0 aliphatic carbocycles. The summed E-state index contributed by atoms with van der Waals surface area (Å²) in [6, 6.07) is 0.390. The molecule has 1 aliphatic rings. The number of carbonyl (C=O) groups is 1. The van der Waals surface area contributed by atoms with Crippen LogP contribution in [0.2, 0.25) is 0 Å². The predicted molar refractivity (Wildman–Crippen MR) is 71.0 cm³/mol. The smallest absolute Gasteiger partial charge is 0.236 e. The second-order valence-corrected chi connectivity index (χ2v) is 5.41. The molecule has 1 aliphatic heterocycles. The number of carbonyl (C=O) groups excluding carboxylic acids is 1. The van der Waals surface area contributed by atoms with E-state index in [1.165, 1.54) is 6.42 Å². The Morgan fingerprint density at radius 2 is 2.06 bits per heavy atom. The van der Waals surface area contributed by atoms with Crippen LogP contribution in [0.15, 0.2) is 0 Å². The van der Waals surface area contributed by atoms with Gasteiger partial charge in [0.15, 0.2) is 0 Å². The predicted octanol–water partition coefficient (Wildman–Crippen LogP) is 0.879. The Bertz CT molecular complexity index is 223. The van der Waals surface area contributed by atoms with Crippen molar-refractivity contribution in [3.05, 3.63) is 0 Å². The third-order valence-electron chi connectivity index (χ3n) is 3.14. The molecule has 17 heavy (non-hydrogen) atoms. The molecule has 0 aromatic carbocycles. The molecule has 1 saturated heterocycles. The topological polar surface area (TPSA) is 53.2 Å². The first kappa shape index (κ1) is 14.5. The molecule has 0 bridgehead atoms. The van der Waals surface area contributed by atoms with E-state index in [2.05, 4.69) is 29.8 Å². The maximum absolute atomic E-state index is 11.8. The quantitative estimate of drug-likeness (QED) is 0.670. The fraction of sp³-hybridized carbons (Fsp3) is 0.923. The van der Waals surface area contributed by atoms with Crippen LogP contribution in [0.1, 0.15) is 40.0 Å². The van der Waals surface area contributed by atoms with E-state index in [4.69, 9.17) is 0 Å².